The third-order valence-corrected chi connectivity index (χ3v) is 5.98. The van der Waals surface area contributed by atoms with Crippen LogP contribution in [0, 0.1) is 0 Å². The van der Waals surface area contributed by atoms with Crippen LogP contribution in [0.2, 0.25) is 5.02 Å². The lowest BCUT2D eigenvalue weighted by atomic mass is 10.3. The Hall–Kier alpha value is -1.09. The summed E-state index contributed by atoms with van der Waals surface area (Å²) < 4.78 is 28.0. The van der Waals surface area contributed by atoms with Crippen LogP contribution in [0.4, 0.5) is 5.69 Å². The summed E-state index contributed by atoms with van der Waals surface area (Å²) in [5, 5.41) is 0.182. The highest BCUT2D eigenvalue weighted by Gasteiger charge is 2.28. The van der Waals surface area contributed by atoms with E-state index >= 15 is 0 Å². The van der Waals surface area contributed by atoms with Gasteiger partial charge in [-0.3, -0.25) is 9.10 Å². The van der Waals surface area contributed by atoms with Crippen LogP contribution in [-0.2, 0) is 14.8 Å². The summed E-state index contributed by atoms with van der Waals surface area (Å²) in [6.45, 7) is -0.514. The second kappa shape index (κ2) is 7.21. The monoisotopic (exact) mass is 480 g/mol. The molecule has 2 N–H and O–H groups in total. The molecule has 0 radical (unpaired) electrons. The Morgan fingerprint density at radius 2 is 1.65 bits per heavy atom. The molecule has 122 valence electrons. The van der Waals surface area contributed by atoms with E-state index in [0.717, 1.165) is 8.78 Å². The number of hydrogen-bond acceptors (Lipinski definition) is 3. The quantitative estimate of drug-likeness (QED) is 0.708. The molecule has 9 heteroatoms. The Kier molecular flexibility index (Phi) is 5.72. The van der Waals surface area contributed by atoms with Gasteiger partial charge in [0, 0.05) is 8.95 Å². The molecule has 2 aromatic rings. The van der Waals surface area contributed by atoms with E-state index in [0.29, 0.717) is 4.47 Å². The first kappa shape index (κ1) is 18.3. The maximum absolute atomic E-state index is 12.8. The molecule has 0 unspecified atom stereocenters. The lowest BCUT2D eigenvalue weighted by Crippen LogP contribution is -2.38. The van der Waals surface area contributed by atoms with Crippen molar-refractivity contribution in [2.75, 3.05) is 10.8 Å². The predicted molar refractivity (Wildman–Crippen MR) is 97.0 cm³/mol. The van der Waals surface area contributed by atoms with Crippen molar-refractivity contribution < 1.29 is 13.2 Å². The lowest BCUT2D eigenvalue weighted by molar-refractivity contribution is -0.116. The molecule has 2 rings (SSSR count). The van der Waals surface area contributed by atoms with Crippen LogP contribution in [0.5, 0.6) is 0 Å². The number of carbonyl (C=O) groups is 1. The molecular formula is C14H11Br2ClN2O3S. The number of rotatable bonds is 5. The molecule has 0 aliphatic heterocycles. The van der Waals surface area contributed by atoms with Crippen LogP contribution in [0.3, 0.4) is 0 Å². The first-order chi connectivity index (χ1) is 10.7. The van der Waals surface area contributed by atoms with E-state index in [9.17, 15) is 13.2 Å². The van der Waals surface area contributed by atoms with Gasteiger partial charge in [0.1, 0.15) is 6.54 Å². The summed E-state index contributed by atoms with van der Waals surface area (Å²) in [6, 6.07) is 10.7. The van der Waals surface area contributed by atoms with E-state index in [-0.39, 0.29) is 15.6 Å². The van der Waals surface area contributed by atoms with Crippen molar-refractivity contribution in [2.45, 2.75) is 4.90 Å². The summed E-state index contributed by atoms with van der Waals surface area (Å²) in [4.78, 5) is 11.4. The van der Waals surface area contributed by atoms with E-state index in [1.54, 1.807) is 24.3 Å². The highest BCUT2D eigenvalue weighted by Crippen LogP contribution is 2.32. The zero-order valence-electron chi connectivity index (χ0n) is 11.5. The number of halogens is 3. The second-order valence-corrected chi connectivity index (χ2v) is 8.63. The van der Waals surface area contributed by atoms with E-state index in [2.05, 4.69) is 31.9 Å². The number of nitrogens with two attached hydrogens (primary N) is 1. The predicted octanol–water partition coefficient (Wildman–Crippen LogP) is 3.55. The molecule has 0 atom stereocenters. The van der Waals surface area contributed by atoms with Crippen LogP contribution in [0.15, 0.2) is 56.3 Å². The van der Waals surface area contributed by atoms with Gasteiger partial charge in [0.25, 0.3) is 10.0 Å². The molecule has 2 aromatic carbocycles. The fourth-order valence-corrected chi connectivity index (χ4v) is 4.40. The maximum Gasteiger partial charge on any atom is 0.264 e. The molecule has 0 spiro atoms. The van der Waals surface area contributed by atoms with Crippen LogP contribution in [0.1, 0.15) is 0 Å². The van der Waals surface area contributed by atoms with Gasteiger partial charge in [0.2, 0.25) is 5.91 Å². The van der Waals surface area contributed by atoms with E-state index < -0.39 is 22.5 Å². The molecule has 0 aliphatic rings. The molecule has 23 heavy (non-hydrogen) atoms. The first-order valence-corrected chi connectivity index (χ1v) is 9.64. The van der Waals surface area contributed by atoms with Gasteiger partial charge in [-0.1, -0.05) is 43.5 Å². The number of hydrogen-bond donors (Lipinski definition) is 1. The summed E-state index contributed by atoms with van der Waals surface area (Å²) in [6.07, 6.45) is 0. The Morgan fingerprint density at radius 1 is 1.09 bits per heavy atom. The van der Waals surface area contributed by atoms with Crippen molar-refractivity contribution >= 4 is 65.1 Å². The van der Waals surface area contributed by atoms with Crippen molar-refractivity contribution in [2.24, 2.45) is 5.73 Å². The van der Waals surface area contributed by atoms with Crippen LogP contribution >= 0.6 is 43.5 Å². The van der Waals surface area contributed by atoms with Crippen molar-refractivity contribution in [3.05, 3.63) is 56.4 Å². The van der Waals surface area contributed by atoms with Crippen LogP contribution in [-0.4, -0.2) is 20.9 Å². The van der Waals surface area contributed by atoms with Gasteiger partial charge in [-0.25, -0.2) is 8.42 Å². The van der Waals surface area contributed by atoms with E-state index in [1.165, 1.54) is 18.2 Å². The Morgan fingerprint density at radius 3 is 2.17 bits per heavy atom. The summed E-state index contributed by atoms with van der Waals surface area (Å²) in [5.74, 6) is -0.787. The average molecular weight is 483 g/mol. The van der Waals surface area contributed by atoms with E-state index in [4.69, 9.17) is 17.3 Å². The normalized spacial score (nSPS) is 11.3. The smallest absolute Gasteiger partial charge is 0.264 e. The molecule has 0 saturated carbocycles. The lowest BCUT2D eigenvalue weighted by Gasteiger charge is -2.24. The summed E-state index contributed by atoms with van der Waals surface area (Å²) in [5.41, 5.74) is 5.38. The molecule has 0 bridgehead atoms. The molecular weight excluding hydrogens is 471 g/mol. The molecule has 5 nitrogen and oxygen atoms in total. The third kappa shape index (κ3) is 4.26. The van der Waals surface area contributed by atoms with Gasteiger partial charge in [-0.05, 0) is 42.5 Å². The first-order valence-electron chi connectivity index (χ1n) is 6.23. The van der Waals surface area contributed by atoms with Gasteiger partial charge in [-0.15, -0.1) is 0 Å². The number of anilines is 1. The second-order valence-electron chi connectivity index (χ2n) is 4.53. The third-order valence-electron chi connectivity index (χ3n) is 2.88. The standard InChI is InChI=1S/C14H11Br2ClN2O3S/c15-9-1-4-11(5-2-9)23(21,22)19(8-14(18)20)13-6-3-10(16)7-12(13)17/h1-7H,8H2,(H2,18,20). The van der Waals surface area contributed by atoms with Crippen molar-refractivity contribution in [1.29, 1.82) is 0 Å². The fraction of sp³-hybridized carbons (Fsp3) is 0.0714. The summed E-state index contributed by atoms with van der Waals surface area (Å²) in [7, 11) is -3.99. The average Bonchev–Trinajstić information content (AvgIpc) is 2.45. The van der Waals surface area contributed by atoms with Crippen molar-refractivity contribution in [3.63, 3.8) is 0 Å². The van der Waals surface area contributed by atoms with Crippen molar-refractivity contribution in [3.8, 4) is 0 Å². The number of sulfonamides is 1. The van der Waals surface area contributed by atoms with Crippen LogP contribution in [0.25, 0.3) is 0 Å². The number of benzene rings is 2. The maximum atomic E-state index is 12.8. The Labute approximate surface area is 155 Å². The van der Waals surface area contributed by atoms with Gasteiger partial charge in [-0.2, -0.15) is 0 Å². The fourth-order valence-electron chi connectivity index (χ4n) is 1.86. The SMILES string of the molecule is NC(=O)CN(c1ccc(Br)cc1Cl)S(=O)(=O)c1ccc(Br)cc1. The molecule has 1 amide bonds. The molecule has 0 aliphatic carbocycles. The number of nitrogens with zero attached hydrogens (tertiary/aromatic N) is 1. The summed E-state index contributed by atoms with van der Waals surface area (Å²) >= 11 is 12.6. The molecule has 0 aromatic heterocycles. The largest absolute Gasteiger partial charge is 0.368 e. The Bertz CT molecular complexity index is 842. The van der Waals surface area contributed by atoms with Gasteiger partial charge in [0.15, 0.2) is 0 Å². The topological polar surface area (TPSA) is 80.5 Å². The number of carbonyl (C=O) groups excluding carboxylic acids is 1. The van der Waals surface area contributed by atoms with Crippen LogP contribution < -0.4 is 10.0 Å². The van der Waals surface area contributed by atoms with Gasteiger partial charge < -0.3 is 5.73 Å². The number of amides is 1. The minimum Gasteiger partial charge on any atom is -0.368 e. The minimum absolute atomic E-state index is 0.0286. The zero-order chi connectivity index (χ0) is 17.2. The Balaban J connectivity index is 2.57. The van der Waals surface area contributed by atoms with Crippen molar-refractivity contribution in [1.82, 2.24) is 0 Å². The minimum atomic E-state index is -3.99. The van der Waals surface area contributed by atoms with Gasteiger partial charge >= 0.3 is 0 Å². The molecule has 0 fully saturated rings. The zero-order valence-corrected chi connectivity index (χ0v) is 16.3. The highest BCUT2D eigenvalue weighted by atomic mass is 79.9. The molecule has 0 heterocycles. The number of primary amides is 1. The van der Waals surface area contributed by atoms with E-state index in [1.807, 2.05) is 0 Å². The molecule has 0 saturated heterocycles. The highest BCUT2D eigenvalue weighted by molar-refractivity contribution is 9.10. The van der Waals surface area contributed by atoms with Gasteiger partial charge in [0.05, 0.1) is 15.6 Å².